The van der Waals surface area contributed by atoms with E-state index in [4.69, 9.17) is 0 Å². The second-order valence-corrected chi connectivity index (χ2v) is 8.07. The third-order valence-corrected chi connectivity index (χ3v) is 6.13. The number of hydrogen-bond acceptors (Lipinski definition) is 0. The molecule has 0 N–H and O–H groups in total. The summed E-state index contributed by atoms with van der Waals surface area (Å²) in [7, 11) is 0. The van der Waals surface area contributed by atoms with Gasteiger partial charge < -0.3 is 0 Å². The quantitative estimate of drug-likeness (QED) is 0.307. The Bertz CT molecular complexity index is 470. The molecule has 0 heteroatoms. The van der Waals surface area contributed by atoms with Crippen LogP contribution >= 0.6 is 0 Å². The lowest BCUT2D eigenvalue weighted by Gasteiger charge is -2.29. The van der Waals surface area contributed by atoms with E-state index in [0.717, 1.165) is 17.8 Å². The second-order valence-electron chi connectivity index (χ2n) is 8.07. The molecule has 2 rings (SSSR count). The van der Waals surface area contributed by atoms with Crippen LogP contribution in [0.4, 0.5) is 0 Å². The summed E-state index contributed by atoms with van der Waals surface area (Å²) in [4.78, 5) is 0. The highest BCUT2D eigenvalue weighted by Gasteiger charge is 2.22. The monoisotopic (exact) mass is 326 g/mol. The van der Waals surface area contributed by atoms with E-state index < -0.39 is 0 Å². The van der Waals surface area contributed by atoms with Crippen LogP contribution in [0.2, 0.25) is 0 Å². The molecule has 1 aliphatic rings. The molecule has 0 radical (unpaired) electrons. The predicted molar refractivity (Wildman–Crippen MR) is 107 cm³/mol. The van der Waals surface area contributed by atoms with Crippen LogP contribution in [-0.4, -0.2) is 0 Å². The minimum absolute atomic E-state index is 0.782. The van der Waals surface area contributed by atoms with E-state index in [1.165, 1.54) is 69.8 Å². The van der Waals surface area contributed by atoms with Gasteiger partial charge >= 0.3 is 0 Å². The maximum atomic E-state index is 2.61. The van der Waals surface area contributed by atoms with Crippen molar-refractivity contribution in [1.29, 1.82) is 0 Å². The van der Waals surface area contributed by atoms with Gasteiger partial charge in [-0.05, 0) is 61.8 Å². The summed E-state index contributed by atoms with van der Waals surface area (Å²) in [5.41, 5.74) is 3.24. The van der Waals surface area contributed by atoms with E-state index in [1.54, 1.807) is 5.57 Å². The molecule has 1 aliphatic carbocycles. The molecule has 0 amide bonds. The molecule has 3 atom stereocenters. The van der Waals surface area contributed by atoms with Crippen LogP contribution in [0.25, 0.3) is 0 Å². The Kier molecular flexibility index (Phi) is 8.64. The number of unbranched alkanes of at least 4 members (excludes halogenated alkanes) is 2. The number of hydrogen-bond donors (Lipinski definition) is 0. The van der Waals surface area contributed by atoms with Gasteiger partial charge in [0.15, 0.2) is 0 Å². The van der Waals surface area contributed by atoms with Crippen molar-refractivity contribution < 1.29 is 0 Å². The lowest BCUT2D eigenvalue weighted by molar-refractivity contribution is 0.296. The molecule has 0 nitrogen and oxygen atoms in total. The van der Waals surface area contributed by atoms with Crippen LogP contribution in [0.15, 0.2) is 42.0 Å². The fourth-order valence-corrected chi connectivity index (χ4v) is 4.23. The SMILES string of the molecule is CCCCCC(C)C1CC=C(C(C)CCCc2ccccc2)CC1. The molecule has 0 bridgehead atoms. The van der Waals surface area contributed by atoms with Gasteiger partial charge in [0.25, 0.3) is 0 Å². The molecule has 0 heterocycles. The normalized spacial score (nSPS) is 20.5. The molecular formula is C24H38. The Morgan fingerprint density at radius 2 is 1.79 bits per heavy atom. The largest absolute Gasteiger partial charge is 0.0848 e. The van der Waals surface area contributed by atoms with Crippen molar-refractivity contribution in [2.24, 2.45) is 17.8 Å². The fourth-order valence-electron chi connectivity index (χ4n) is 4.23. The number of allylic oxidation sites excluding steroid dienone is 2. The molecule has 0 spiro atoms. The van der Waals surface area contributed by atoms with Crippen LogP contribution < -0.4 is 0 Å². The molecular weight excluding hydrogens is 288 g/mol. The van der Waals surface area contributed by atoms with E-state index >= 15 is 0 Å². The van der Waals surface area contributed by atoms with Crippen LogP contribution in [-0.2, 0) is 6.42 Å². The number of rotatable bonds is 10. The zero-order chi connectivity index (χ0) is 17.2. The van der Waals surface area contributed by atoms with Crippen molar-refractivity contribution >= 4 is 0 Å². The molecule has 1 aromatic rings. The summed E-state index contributed by atoms with van der Waals surface area (Å²) >= 11 is 0. The first kappa shape index (κ1) is 19.3. The smallest absolute Gasteiger partial charge is 0.0232 e. The summed E-state index contributed by atoms with van der Waals surface area (Å²) in [5, 5.41) is 0. The van der Waals surface area contributed by atoms with Crippen molar-refractivity contribution in [3.63, 3.8) is 0 Å². The van der Waals surface area contributed by atoms with E-state index in [0.29, 0.717) is 0 Å². The maximum Gasteiger partial charge on any atom is -0.0232 e. The van der Waals surface area contributed by atoms with E-state index in [9.17, 15) is 0 Å². The lowest BCUT2D eigenvalue weighted by Crippen LogP contribution is -2.16. The molecule has 0 aliphatic heterocycles. The third kappa shape index (κ3) is 6.46. The van der Waals surface area contributed by atoms with Crippen LogP contribution in [0.1, 0.15) is 84.1 Å². The molecule has 0 saturated heterocycles. The van der Waals surface area contributed by atoms with Crippen molar-refractivity contribution in [2.75, 3.05) is 0 Å². The Morgan fingerprint density at radius 3 is 2.46 bits per heavy atom. The van der Waals surface area contributed by atoms with Crippen molar-refractivity contribution in [2.45, 2.75) is 85.0 Å². The first-order valence-corrected chi connectivity index (χ1v) is 10.4. The Labute approximate surface area is 150 Å². The van der Waals surface area contributed by atoms with E-state index in [2.05, 4.69) is 57.2 Å². The van der Waals surface area contributed by atoms with Crippen molar-refractivity contribution in [1.82, 2.24) is 0 Å². The van der Waals surface area contributed by atoms with Crippen LogP contribution in [0, 0.1) is 17.8 Å². The van der Waals surface area contributed by atoms with E-state index in [-0.39, 0.29) is 0 Å². The topological polar surface area (TPSA) is 0 Å². The summed E-state index contributed by atoms with van der Waals surface area (Å²) < 4.78 is 0. The predicted octanol–water partition coefficient (Wildman–Crippen LogP) is 7.59. The summed E-state index contributed by atoms with van der Waals surface area (Å²) in [6.45, 7) is 7.24. The fraction of sp³-hybridized carbons (Fsp3) is 0.667. The molecule has 134 valence electrons. The summed E-state index contributed by atoms with van der Waals surface area (Å²) in [5.74, 6) is 2.65. The summed E-state index contributed by atoms with van der Waals surface area (Å²) in [6, 6.07) is 10.9. The van der Waals surface area contributed by atoms with Gasteiger partial charge in [-0.15, -0.1) is 0 Å². The van der Waals surface area contributed by atoms with Gasteiger partial charge in [-0.2, -0.15) is 0 Å². The van der Waals surface area contributed by atoms with Crippen molar-refractivity contribution in [3.05, 3.63) is 47.5 Å². The van der Waals surface area contributed by atoms with Gasteiger partial charge in [0.2, 0.25) is 0 Å². The average molecular weight is 327 g/mol. The van der Waals surface area contributed by atoms with E-state index in [1.807, 2.05) is 0 Å². The summed E-state index contributed by atoms with van der Waals surface area (Å²) in [6.07, 6.45) is 16.3. The number of aryl methyl sites for hydroxylation is 1. The minimum Gasteiger partial charge on any atom is -0.0848 e. The standard InChI is InChI=1S/C24H38/c1-4-5-7-11-20(2)23-16-18-24(19-17-23)21(3)12-10-15-22-13-8-6-9-14-22/h6,8-9,13-14,18,20-21,23H,4-5,7,10-12,15-17,19H2,1-3H3. The van der Waals surface area contributed by atoms with Gasteiger partial charge in [-0.1, -0.05) is 88.4 Å². The Hall–Kier alpha value is -1.04. The molecule has 3 unspecified atom stereocenters. The lowest BCUT2D eigenvalue weighted by atomic mass is 9.76. The molecule has 1 aromatic carbocycles. The molecule has 0 aromatic heterocycles. The highest BCUT2D eigenvalue weighted by molar-refractivity contribution is 5.15. The Balaban J connectivity index is 1.69. The molecule has 0 fully saturated rings. The van der Waals surface area contributed by atoms with Gasteiger partial charge in [-0.3, -0.25) is 0 Å². The Morgan fingerprint density at radius 1 is 1.00 bits per heavy atom. The van der Waals surface area contributed by atoms with Gasteiger partial charge in [0.05, 0.1) is 0 Å². The zero-order valence-corrected chi connectivity index (χ0v) is 16.3. The van der Waals surface area contributed by atoms with Gasteiger partial charge in [-0.25, -0.2) is 0 Å². The average Bonchev–Trinajstić information content (AvgIpc) is 2.63. The maximum absolute atomic E-state index is 2.61. The van der Waals surface area contributed by atoms with Gasteiger partial charge in [0, 0.05) is 0 Å². The second kappa shape index (κ2) is 10.7. The van der Waals surface area contributed by atoms with Crippen LogP contribution in [0.3, 0.4) is 0 Å². The highest BCUT2D eigenvalue weighted by atomic mass is 14.3. The molecule has 0 saturated carbocycles. The third-order valence-electron chi connectivity index (χ3n) is 6.13. The number of benzene rings is 1. The van der Waals surface area contributed by atoms with Gasteiger partial charge in [0.1, 0.15) is 0 Å². The minimum atomic E-state index is 0.782. The molecule has 24 heavy (non-hydrogen) atoms. The van der Waals surface area contributed by atoms with Crippen molar-refractivity contribution in [3.8, 4) is 0 Å². The highest BCUT2D eigenvalue weighted by Crippen LogP contribution is 2.35. The zero-order valence-electron chi connectivity index (χ0n) is 16.3. The van der Waals surface area contributed by atoms with Crippen LogP contribution in [0.5, 0.6) is 0 Å². The first-order valence-electron chi connectivity index (χ1n) is 10.4. The first-order chi connectivity index (χ1) is 11.7.